The smallest absolute Gasteiger partial charge is 0.0173 e. The maximum atomic E-state index is 2.41. The van der Waals surface area contributed by atoms with Gasteiger partial charge in [-0.2, -0.15) is 0 Å². The minimum absolute atomic E-state index is 0.849. The molecular formula is C14H26. The van der Waals surface area contributed by atoms with Gasteiger partial charge >= 0.3 is 0 Å². The van der Waals surface area contributed by atoms with Crippen molar-refractivity contribution in [1.29, 1.82) is 0 Å². The number of hydrogen-bond acceptors (Lipinski definition) is 0. The molecule has 0 heterocycles. The Balaban J connectivity index is 2.73. The Labute approximate surface area is 89.8 Å². The molecule has 1 rings (SSSR count). The van der Waals surface area contributed by atoms with Crippen LogP contribution in [0.25, 0.3) is 0 Å². The van der Waals surface area contributed by atoms with E-state index in [1.54, 1.807) is 5.57 Å². The van der Waals surface area contributed by atoms with Gasteiger partial charge in [0.15, 0.2) is 0 Å². The molecule has 0 N–H and O–H groups in total. The highest BCUT2D eigenvalue weighted by atomic mass is 14.4. The van der Waals surface area contributed by atoms with Crippen LogP contribution < -0.4 is 0 Å². The Bertz CT molecular complexity index is 200. The van der Waals surface area contributed by atoms with E-state index in [9.17, 15) is 0 Å². The molecule has 3 unspecified atom stereocenters. The zero-order valence-electron chi connectivity index (χ0n) is 10.5. The first kappa shape index (κ1) is 11.8. The Kier molecular flexibility index (Phi) is 4.22. The van der Waals surface area contributed by atoms with E-state index >= 15 is 0 Å². The fourth-order valence-electron chi connectivity index (χ4n) is 2.94. The molecule has 3 atom stereocenters. The summed E-state index contributed by atoms with van der Waals surface area (Å²) in [7, 11) is 0. The van der Waals surface area contributed by atoms with Gasteiger partial charge < -0.3 is 0 Å². The fraction of sp³-hybridized carbons (Fsp3) is 0.857. The van der Waals surface area contributed by atoms with E-state index in [2.05, 4.69) is 40.7 Å². The lowest BCUT2D eigenvalue weighted by molar-refractivity contribution is 0.170. The van der Waals surface area contributed by atoms with Gasteiger partial charge in [-0.1, -0.05) is 38.8 Å². The zero-order chi connectivity index (χ0) is 10.7. The molecule has 0 nitrogen and oxygen atoms in total. The van der Waals surface area contributed by atoms with E-state index in [1.807, 2.05) is 0 Å². The maximum Gasteiger partial charge on any atom is -0.0173 e. The van der Waals surface area contributed by atoms with Crippen LogP contribution in [0.15, 0.2) is 11.6 Å². The normalized spacial score (nSPS) is 35.0. The quantitative estimate of drug-likeness (QED) is 0.561. The molecule has 0 aliphatic heterocycles. The summed E-state index contributed by atoms with van der Waals surface area (Å²) in [6.45, 7) is 11.7. The molecule has 0 aromatic rings. The Morgan fingerprint density at radius 1 is 1.29 bits per heavy atom. The van der Waals surface area contributed by atoms with Crippen molar-refractivity contribution < 1.29 is 0 Å². The summed E-state index contributed by atoms with van der Waals surface area (Å²) in [5.41, 5.74) is 1.62. The summed E-state index contributed by atoms with van der Waals surface area (Å²) in [6, 6.07) is 0. The van der Waals surface area contributed by atoms with Crippen LogP contribution in [0.3, 0.4) is 0 Å². The molecule has 0 heteroatoms. The topological polar surface area (TPSA) is 0 Å². The van der Waals surface area contributed by atoms with E-state index in [0.29, 0.717) is 0 Å². The summed E-state index contributed by atoms with van der Waals surface area (Å²) in [4.78, 5) is 0. The zero-order valence-corrected chi connectivity index (χ0v) is 10.5. The van der Waals surface area contributed by atoms with E-state index in [-0.39, 0.29) is 0 Å². The highest BCUT2D eigenvalue weighted by Crippen LogP contribution is 2.41. The highest BCUT2D eigenvalue weighted by molar-refractivity contribution is 5.06. The lowest BCUT2D eigenvalue weighted by Gasteiger charge is -2.38. The van der Waals surface area contributed by atoms with Crippen LogP contribution in [0.4, 0.5) is 0 Å². The Hall–Kier alpha value is -0.260. The molecule has 0 spiro atoms. The van der Waals surface area contributed by atoms with E-state index < -0.39 is 0 Å². The van der Waals surface area contributed by atoms with Crippen molar-refractivity contribution in [2.24, 2.45) is 23.7 Å². The number of rotatable bonds is 2. The van der Waals surface area contributed by atoms with Crippen molar-refractivity contribution in [2.75, 3.05) is 0 Å². The predicted molar refractivity (Wildman–Crippen MR) is 64.3 cm³/mol. The first-order valence-electron chi connectivity index (χ1n) is 6.19. The third kappa shape index (κ3) is 2.62. The van der Waals surface area contributed by atoms with Gasteiger partial charge in [0.25, 0.3) is 0 Å². The van der Waals surface area contributed by atoms with Gasteiger partial charge in [0, 0.05) is 0 Å². The van der Waals surface area contributed by atoms with Gasteiger partial charge in [0.05, 0.1) is 0 Å². The molecule has 0 radical (unpaired) electrons. The number of hydrogen-bond donors (Lipinski definition) is 0. The largest absolute Gasteiger partial charge is 0.0884 e. The maximum absolute atomic E-state index is 2.41. The SMILES string of the molecule is CC=C(C)C1CC(C)CCC1C(C)C. The van der Waals surface area contributed by atoms with Crippen LogP contribution in [-0.4, -0.2) is 0 Å². The van der Waals surface area contributed by atoms with Gasteiger partial charge in [-0.05, 0) is 50.4 Å². The Morgan fingerprint density at radius 3 is 2.43 bits per heavy atom. The standard InChI is InChI=1S/C14H26/c1-6-12(5)14-9-11(4)7-8-13(14)10(2)3/h6,10-11,13-14H,7-9H2,1-5H3. The molecule has 1 aliphatic carbocycles. The van der Waals surface area contributed by atoms with Crippen molar-refractivity contribution in [1.82, 2.24) is 0 Å². The van der Waals surface area contributed by atoms with Gasteiger partial charge in [0.2, 0.25) is 0 Å². The first-order chi connectivity index (χ1) is 6.56. The Morgan fingerprint density at radius 2 is 1.93 bits per heavy atom. The monoisotopic (exact) mass is 194 g/mol. The van der Waals surface area contributed by atoms with Crippen LogP contribution in [0.1, 0.15) is 53.9 Å². The molecule has 14 heavy (non-hydrogen) atoms. The second-order valence-electron chi connectivity index (χ2n) is 5.47. The van der Waals surface area contributed by atoms with Crippen LogP contribution >= 0.6 is 0 Å². The van der Waals surface area contributed by atoms with Crippen LogP contribution in [0.5, 0.6) is 0 Å². The third-order valence-electron chi connectivity index (χ3n) is 4.06. The summed E-state index contributed by atoms with van der Waals surface area (Å²) >= 11 is 0. The lowest BCUT2D eigenvalue weighted by atomic mass is 9.67. The van der Waals surface area contributed by atoms with Crippen LogP contribution in [0, 0.1) is 23.7 Å². The van der Waals surface area contributed by atoms with Gasteiger partial charge in [0.1, 0.15) is 0 Å². The second kappa shape index (κ2) is 5.00. The van der Waals surface area contributed by atoms with Crippen molar-refractivity contribution >= 4 is 0 Å². The van der Waals surface area contributed by atoms with Crippen molar-refractivity contribution in [3.8, 4) is 0 Å². The van der Waals surface area contributed by atoms with Gasteiger partial charge in [-0.15, -0.1) is 0 Å². The molecule has 82 valence electrons. The van der Waals surface area contributed by atoms with Crippen molar-refractivity contribution in [2.45, 2.75) is 53.9 Å². The average molecular weight is 194 g/mol. The average Bonchev–Trinajstić information content (AvgIpc) is 2.16. The lowest BCUT2D eigenvalue weighted by Crippen LogP contribution is -2.28. The molecule has 0 amide bonds. The molecule has 0 aromatic carbocycles. The van der Waals surface area contributed by atoms with E-state index in [1.165, 1.54) is 19.3 Å². The third-order valence-corrected chi connectivity index (χ3v) is 4.06. The van der Waals surface area contributed by atoms with Crippen LogP contribution in [-0.2, 0) is 0 Å². The minimum atomic E-state index is 0.849. The second-order valence-corrected chi connectivity index (χ2v) is 5.47. The fourth-order valence-corrected chi connectivity index (χ4v) is 2.94. The summed E-state index contributed by atoms with van der Waals surface area (Å²) in [6.07, 6.45) is 6.61. The summed E-state index contributed by atoms with van der Waals surface area (Å²) < 4.78 is 0. The molecule has 0 saturated heterocycles. The molecule has 1 saturated carbocycles. The molecule has 0 aromatic heterocycles. The predicted octanol–water partition coefficient (Wildman–Crippen LogP) is 4.66. The van der Waals surface area contributed by atoms with Gasteiger partial charge in [-0.3, -0.25) is 0 Å². The minimum Gasteiger partial charge on any atom is -0.0884 e. The van der Waals surface area contributed by atoms with Gasteiger partial charge in [-0.25, -0.2) is 0 Å². The summed E-state index contributed by atoms with van der Waals surface area (Å²) in [5.74, 6) is 3.58. The van der Waals surface area contributed by atoms with E-state index in [0.717, 1.165) is 23.7 Å². The molecule has 1 aliphatic rings. The van der Waals surface area contributed by atoms with Crippen LogP contribution in [0.2, 0.25) is 0 Å². The number of allylic oxidation sites excluding steroid dienone is 2. The molecule has 1 fully saturated rings. The highest BCUT2D eigenvalue weighted by Gasteiger charge is 2.30. The van der Waals surface area contributed by atoms with Crippen molar-refractivity contribution in [3.63, 3.8) is 0 Å². The summed E-state index contributed by atoms with van der Waals surface area (Å²) in [5, 5.41) is 0. The van der Waals surface area contributed by atoms with E-state index in [4.69, 9.17) is 0 Å². The molecule has 0 bridgehead atoms. The molecular weight excluding hydrogens is 168 g/mol. The van der Waals surface area contributed by atoms with Crippen molar-refractivity contribution in [3.05, 3.63) is 11.6 Å². The first-order valence-corrected chi connectivity index (χ1v) is 6.19.